The quantitative estimate of drug-likeness (QED) is 0.716. The lowest BCUT2D eigenvalue weighted by Crippen LogP contribution is -2.38. The van der Waals surface area contributed by atoms with Crippen molar-refractivity contribution >= 4 is 11.9 Å². The minimum absolute atomic E-state index is 0.0752. The molecule has 1 amide bonds. The van der Waals surface area contributed by atoms with E-state index in [1.165, 1.54) is 0 Å². The van der Waals surface area contributed by atoms with Crippen molar-refractivity contribution in [3.63, 3.8) is 0 Å². The highest BCUT2D eigenvalue weighted by molar-refractivity contribution is 5.77. The Bertz CT molecular complexity index is 482. The van der Waals surface area contributed by atoms with E-state index in [4.69, 9.17) is 5.11 Å². The largest absolute Gasteiger partial charge is 0.481 e. The van der Waals surface area contributed by atoms with Crippen LogP contribution in [0.1, 0.15) is 30.4 Å². The van der Waals surface area contributed by atoms with E-state index >= 15 is 0 Å². The molecule has 1 atom stereocenters. The van der Waals surface area contributed by atoms with E-state index in [9.17, 15) is 9.59 Å². The molecule has 0 saturated heterocycles. The van der Waals surface area contributed by atoms with Crippen LogP contribution >= 0.6 is 0 Å². The number of amides is 1. The lowest BCUT2D eigenvalue weighted by molar-refractivity contribution is -0.137. The molecule has 1 aromatic rings. The number of allylic oxidation sites excluding steroid dienone is 1. The van der Waals surface area contributed by atoms with Crippen LogP contribution in [0.3, 0.4) is 0 Å². The van der Waals surface area contributed by atoms with Gasteiger partial charge in [0.05, 0.1) is 6.42 Å². The Morgan fingerprint density at radius 2 is 2.10 bits per heavy atom. The van der Waals surface area contributed by atoms with Crippen LogP contribution in [0.5, 0.6) is 0 Å². The first-order valence-corrected chi connectivity index (χ1v) is 6.69. The third-order valence-corrected chi connectivity index (χ3v) is 3.09. The molecule has 0 fully saturated rings. The van der Waals surface area contributed by atoms with Crippen LogP contribution < -0.4 is 5.32 Å². The first kappa shape index (κ1) is 16.0. The Labute approximate surface area is 119 Å². The Morgan fingerprint density at radius 1 is 1.40 bits per heavy atom. The Morgan fingerprint density at radius 3 is 2.70 bits per heavy atom. The summed E-state index contributed by atoms with van der Waals surface area (Å²) in [7, 11) is 0. The standard InChI is InChI=1S/C16H21NO3/c1-3-4-9-15(18)17-14(11-16(19)20)10-13-8-6-5-7-12(13)2/h3,5-8,14H,1,4,9-11H2,2H3,(H,17,18)(H,19,20). The lowest BCUT2D eigenvalue weighted by Gasteiger charge is -2.18. The molecule has 1 aromatic carbocycles. The maximum absolute atomic E-state index is 11.7. The van der Waals surface area contributed by atoms with Gasteiger partial charge in [0.25, 0.3) is 0 Å². The van der Waals surface area contributed by atoms with Crippen LogP contribution in [0.4, 0.5) is 0 Å². The molecule has 0 aliphatic heterocycles. The smallest absolute Gasteiger partial charge is 0.305 e. The second-order valence-corrected chi connectivity index (χ2v) is 4.82. The Hall–Kier alpha value is -2.10. The van der Waals surface area contributed by atoms with E-state index in [1.807, 2.05) is 31.2 Å². The van der Waals surface area contributed by atoms with Crippen LogP contribution in [-0.2, 0) is 16.0 Å². The normalized spacial score (nSPS) is 11.7. The number of carboxylic acid groups (broad SMARTS) is 1. The second-order valence-electron chi connectivity index (χ2n) is 4.82. The molecule has 108 valence electrons. The number of nitrogens with one attached hydrogen (secondary N) is 1. The molecule has 0 saturated carbocycles. The number of carbonyl (C=O) groups excluding carboxylic acids is 1. The van der Waals surface area contributed by atoms with Gasteiger partial charge in [0, 0.05) is 12.5 Å². The van der Waals surface area contributed by atoms with Crippen molar-refractivity contribution in [2.75, 3.05) is 0 Å². The van der Waals surface area contributed by atoms with Crippen molar-refractivity contribution in [2.24, 2.45) is 0 Å². The number of aryl methyl sites for hydroxylation is 1. The summed E-state index contributed by atoms with van der Waals surface area (Å²) < 4.78 is 0. The topological polar surface area (TPSA) is 66.4 Å². The van der Waals surface area contributed by atoms with E-state index in [-0.39, 0.29) is 18.4 Å². The fourth-order valence-corrected chi connectivity index (χ4v) is 2.02. The SMILES string of the molecule is C=CCCC(=O)NC(CC(=O)O)Cc1ccccc1C. The summed E-state index contributed by atoms with van der Waals surface area (Å²) in [5.41, 5.74) is 2.16. The van der Waals surface area contributed by atoms with Crippen molar-refractivity contribution in [1.82, 2.24) is 5.32 Å². The summed E-state index contributed by atoms with van der Waals surface area (Å²) in [4.78, 5) is 22.6. The molecule has 0 aliphatic rings. The zero-order chi connectivity index (χ0) is 15.0. The molecule has 0 aliphatic carbocycles. The lowest BCUT2D eigenvalue weighted by atomic mass is 9.99. The Kier molecular flexibility index (Phi) is 6.50. The number of rotatable bonds is 8. The second kappa shape index (κ2) is 8.15. The van der Waals surface area contributed by atoms with Crippen LogP contribution in [0.15, 0.2) is 36.9 Å². The van der Waals surface area contributed by atoms with Crippen LogP contribution in [-0.4, -0.2) is 23.0 Å². The summed E-state index contributed by atoms with van der Waals surface area (Å²) in [5.74, 6) is -1.04. The Balaban J connectivity index is 2.69. The van der Waals surface area contributed by atoms with Gasteiger partial charge in [-0.3, -0.25) is 9.59 Å². The molecule has 0 heterocycles. The predicted octanol–water partition coefficient (Wildman–Crippen LogP) is 2.46. The van der Waals surface area contributed by atoms with E-state index in [2.05, 4.69) is 11.9 Å². The maximum Gasteiger partial charge on any atom is 0.305 e. The highest BCUT2D eigenvalue weighted by atomic mass is 16.4. The fraction of sp³-hybridized carbons (Fsp3) is 0.375. The van der Waals surface area contributed by atoms with Gasteiger partial charge in [0.2, 0.25) is 5.91 Å². The number of benzene rings is 1. The van der Waals surface area contributed by atoms with Crippen molar-refractivity contribution in [2.45, 2.75) is 38.6 Å². The summed E-state index contributed by atoms with van der Waals surface area (Å²) >= 11 is 0. The highest BCUT2D eigenvalue weighted by Crippen LogP contribution is 2.11. The van der Waals surface area contributed by atoms with E-state index in [0.717, 1.165) is 11.1 Å². The molecule has 2 N–H and O–H groups in total. The minimum atomic E-state index is -0.910. The van der Waals surface area contributed by atoms with Crippen LogP contribution in [0.2, 0.25) is 0 Å². The average molecular weight is 275 g/mol. The van der Waals surface area contributed by atoms with Gasteiger partial charge in [-0.1, -0.05) is 30.3 Å². The summed E-state index contributed by atoms with van der Waals surface area (Å²) in [6.45, 7) is 5.54. The van der Waals surface area contributed by atoms with Gasteiger partial charge < -0.3 is 10.4 Å². The average Bonchev–Trinajstić information content (AvgIpc) is 2.38. The number of hydrogen-bond donors (Lipinski definition) is 2. The number of aliphatic carboxylic acids is 1. The molecule has 0 aromatic heterocycles. The van der Waals surface area contributed by atoms with Gasteiger partial charge in [-0.05, 0) is 30.9 Å². The first-order valence-electron chi connectivity index (χ1n) is 6.69. The molecular weight excluding hydrogens is 254 g/mol. The molecule has 0 bridgehead atoms. The van der Waals surface area contributed by atoms with Gasteiger partial charge in [-0.2, -0.15) is 0 Å². The molecule has 20 heavy (non-hydrogen) atoms. The fourth-order valence-electron chi connectivity index (χ4n) is 2.02. The van der Waals surface area contributed by atoms with Crippen molar-refractivity contribution in [1.29, 1.82) is 0 Å². The van der Waals surface area contributed by atoms with E-state index < -0.39 is 5.97 Å². The molecule has 0 radical (unpaired) electrons. The zero-order valence-electron chi connectivity index (χ0n) is 11.8. The molecule has 1 unspecified atom stereocenters. The van der Waals surface area contributed by atoms with Crippen LogP contribution in [0.25, 0.3) is 0 Å². The third kappa shape index (κ3) is 5.69. The minimum Gasteiger partial charge on any atom is -0.481 e. The molecule has 4 heteroatoms. The van der Waals surface area contributed by atoms with E-state index in [1.54, 1.807) is 6.08 Å². The van der Waals surface area contributed by atoms with Crippen molar-refractivity contribution in [3.05, 3.63) is 48.0 Å². The third-order valence-electron chi connectivity index (χ3n) is 3.09. The maximum atomic E-state index is 11.7. The zero-order valence-corrected chi connectivity index (χ0v) is 11.8. The first-order chi connectivity index (χ1) is 9.52. The molecule has 1 rings (SSSR count). The molecule has 4 nitrogen and oxygen atoms in total. The van der Waals surface area contributed by atoms with Gasteiger partial charge in [0.1, 0.15) is 0 Å². The summed E-state index contributed by atoms with van der Waals surface area (Å²) in [5, 5.41) is 11.7. The summed E-state index contributed by atoms with van der Waals surface area (Å²) in [6, 6.07) is 7.41. The van der Waals surface area contributed by atoms with Gasteiger partial charge in [-0.15, -0.1) is 6.58 Å². The van der Waals surface area contributed by atoms with Gasteiger partial charge in [-0.25, -0.2) is 0 Å². The predicted molar refractivity (Wildman–Crippen MR) is 78.5 cm³/mol. The number of carboxylic acids is 1. The van der Waals surface area contributed by atoms with Crippen molar-refractivity contribution in [3.8, 4) is 0 Å². The van der Waals surface area contributed by atoms with Gasteiger partial charge in [0.15, 0.2) is 0 Å². The number of hydrogen-bond acceptors (Lipinski definition) is 2. The summed E-state index contributed by atoms with van der Waals surface area (Å²) in [6.07, 6.45) is 3.06. The molecule has 0 spiro atoms. The monoisotopic (exact) mass is 275 g/mol. The van der Waals surface area contributed by atoms with Crippen LogP contribution in [0, 0.1) is 6.92 Å². The van der Waals surface area contributed by atoms with E-state index in [0.29, 0.717) is 19.3 Å². The van der Waals surface area contributed by atoms with Gasteiger partial charge >= 0.3 is 5.97 Å². The van der Waals surface area contributed by atoms with Crippen molar-refractivity contribution < 1.29 is 14.7 Å². The molecular formula is C16H21NO3. The highest BCUT2D eigenvalue weighted by Gasteiger charge is 2.17. The number of carbonyl (C=O) groups is 2.